The van der Waals surface area contributed by atoms with E-state index < -0.39 is 44.8 Å². The Bertz CT molecular complexity index is 1140. The molecule has 0 aliphatic heterocycles. The molecule has 0 spiro atoms. The summed E-state index contributed by atoms with van der Waals surface area (Å²) in [6.45, 7) is 0. The summed E-state index contributed by atoms with van der Waals surface area (Å²) in [5, 5.41) is 6.78. The fraction of sp³-hybridized carbons (Fsp3) is 0.176. The van der Waals surface area contributed by atoms with Gasteiger partial charge in [-0.05, 0) is 42.5 Å². The van der Waals surface area contributed by atoms with Crippen LogP contribution in [0.1, 0.15) is 11.1 Å². The predicted octanol–water partition coefficient (Wildman–Crippen LogP) is 4.23. The average molecular weight is 451 g/mol. The zero-order valence-corrected chi connectivity index (χ0v) is 15.7. The summed E-state index contributed by atoms with van der Waals surface area (Å²) < 4.78 is 109. The summed E-state index contributed by atoms with van der Waals surface area (Å²) >= 11 is 0. The van der Waals surface area contributed by atoms with Crippen molar-refractivity contribution in [2.75, 3.05) is 7.11 Å². The first-order chi connectivity index (χ1) is 13.8. The molecule has 13 heteroatoms. The molecule has 0 N–H and O–H groups in total. The Morgan fingerprint density at radius 1 is 0.900 bits per heavy atom. The highest BCUT2D eigenvalue weighted by Crippen LogP contribution is 2.38. The Morgan fingerprint density at radius 3 is 1.90 bits per heavy atom. The molecule has 0 saturated carbocycles. The lowest BCUT2D eigenvalue weighted by atomic mass is 10.0. The summed E-state index contributed by atoms with van der Waals surface area (Å²) in [5.41, 5.74) is -4.18. The SMILES string of the molecule is COc1ccc(S(=O)(=O)n2cc(-c3cc(C(F)(F)F)cc(C(F)(F)F)c3)nn2)cc1. The van der Waals surface area contributed by atoms with E-state index in [0.717, 1.165) is 6.20 Å². The minimum Gasteiger partial charge on any atom is -0.497 e. The molecule has 0 radical (unpaired) electrons. The van der Waals surface area contributed by atoms with Gasteiger partial charge in [0.05, 0.1) is 29.3 Å². The van der Waals surface area contributed by atoms with Crippen LogP contribution in [-0.4, -0.2) is 29.9 Å². The van der Waals surface area contributed by atoms with Crippen LogP contribution < -0.4 is 4.74 Å². The number of alkyl halides is 6. The van der Waals surface area contributed by atoms with Gasteiger partial charge >= 0.3 is 12.4 Å². The van der Waals surface area contributed by atoms with E-state index in [9.17, 15) is 34.8 Å². The highest BCUT2D eigenvalue weighted by atomic mass is 32.2. The molecule has 3 rings (SSSR count). The van der Waals surface area contributed by atoms with Crippen LogP contribution in [0.3, 0.4) is 0 Å². The standard InChI is InChI=1S/C17H11F6N3O3S/c1-29-13-2-4-14(5-3-13)30(27,28)26-9-15(24-25-26)10-6-11(16(18,19)20)8-12(7-10)17(21,22)23/h2-9H,1H3. The molecule has 0 unspecified atom stereocenters. The van der Waals surface area contributed by atoms with E-state index in [1.165, 1.54) is 31.4 Å². The number of hydrogen-bond acceptors (Lipinski definition) is 5. The van der Waals surface area contributed by atoms with Gasteiger partial charge in [0.25, 0.3) is 10.0 Å². The molecule has 0 saturated heterocycles. The average Bonchev–Trinajstić information content (AvgIpc) is 3.17. The monoisotopic (exact) mass is 451 g/mol. The zero-order chi connectivity index (χ0) is 22.3. The smallest absolute Gasteiger partial charge is 0.416 e. The summed E-state index contributed by atoms with van der Waals surface area (Å²) in [6, 6.07) is 5.93. The van der Waals surface area contributed by atoms with Crippen LogP contribution in [0.5, 0.6) is 5.75 Å². The molecule has 0 bridgehead atoms. The van der Waals surface area contributed by atoms with Crippen LogP contribution >= 0.6 is 0 Å². The molecular weight excluding hydrogens is 440 g/mol. The van der Waals surface area contributed by atoms with E-state index in [1.54, 1.807) is 0 Å². The van der Waals surface area contributed by atoms with Gasteiger partial charge in [0, 0.05) is 5.56 Å². The van der Waals surface area contributed by atoms with Crippen molar-refractivity contribution in [3.05, 3.63) is 59.8 Å². The lowest BCUT2D eigenvalue weighted by molar-refractivity contribution is -0.143. The van der Waals surface area contributed by atoms with E-state index in [-0.39, 0.29) is 11.0 Å². The Balaban J connectivity index is 2.07. The molecule has 1 heterocycles. The van der Waals surface area contributed by atoms with Crippen molar-refractivity contribution >= 4 is 10.0 Å². The first-order valence-electron chi connectivity index (χ1n) is 7.94. The van der Waals surface area contributed by atoms with Crippen molar-refractivity contribution in [1.82, 2.24) is 14.4 Å². The number of hydrogen-bond donors (Lipinski definition) is 0. The molecule has 0 aliphatic carbocycles. The van der Waals surface area contributed by atoms with Crippen molar-refractivity contribution in [3.63, 3.8) is 0 Å². The Kier molecular flexibility index (Phi) is 5.26. The van der Waals surface area contributed by atoms with Gasteiger partial charge < -0.3 is 4.74 Å². The molecule has 6 nitrogen and oxygen atoms in total. The number of aromatic nitrogens is 3. The van der Waals surface area contributed by atoms with Gasteiger partial charge in [-0.1, -0.05) is 5.21 Å². The van der Waals surface area contributed by atoms with Gasteiger partial charge in [0.1, 0.15) is 11.4 Å². The van der Waals surface area contributed by atoms with Crippen molar-refractivity contribution in [1.29, 1.82) is 0 Å². The molecular formula is C17H11F6N3O3S. The van der Waals surface area contributed by atoms with Crippen LogP contribution in [0, 0.1) is 0 Å². The third-order valence-corrected chi connectivity index (χ3v) is 5.50. The van der Waals surface area contributed by atoms with E-state index in [4.69, 9.17) is 4.74 Å². The van der Waals surface area contributed by atoms with Gasteiger partial charge in [0.15, 0.2) is 0 Å². The molecule has 2 aromatic carbocycles. The van der Waals surface area contributed by atoms with Crippen molar-refractivity contribution in [2.24, 2.45) is 0 Å². The summed E-state index contributed by atoms with van der Waals surface area (Å²) in [6.07, 6.45) is -9.38. The summed E-state index contributed by atoms with van der Waals surface area (Å²) in [4.78, 5) is -0.236. The first-order valence-corrected chi connectivity index (χ1v) is 9.38. The Morgan fingerprint density at radius 2 is 1.43 bits per heavy atom. The van der Waals surface area contributed by atoms with E-state index in [2.05, 4.69) is 10.3 Å². The van der Waals surface area contributed by atoms with E-state index >= 15 is 0 Å². The highest BCUT2D eigenvalue weighted by molar-refractivity contribution is 7.89. The molecule has 0 atom stereocenters. The van der Waals surface area contributed by atoms with Crippen LogP contribution in [0.2, 0.25) is 0 Å². The normalized spacial score (nSPS) is 12.8. The Hall–Kier alpha value is -3.09. The quantitative estimate of drug-likeness (QED) is 0.555. The van der Waals surface area contributed by atoms with Crippen LogP contribution in [0.4, 0.5) is 26.3 Å². The summed E-state index contributed by atoms with van der Waals surface area (Å²) in [5.74, 6) is 0.372. The predicted molar refractivity (Wildman–Crippen MR) is 91.0 cm³/mol. The fourth-order valence-electron chi connectivity index (χ4n) is 2.46. The molecule has 1 aromatic heterocycles. The topological polar surface area (TPSA) is 74.1 Å². The second kappa shape index (κ2) is 7.31. The minimum absolute atomic E-state index is 0.0397. The second-order valence-corrected chi connectivity index (χ2v) is 7.75. The maximum absolute atomic E-state index is 13.0. The van der Waals surface area contributed by atoms with Gasteiger partial charge in [-0.2, -0.15) is 34.8 Å². The van der Waals surface area contributed by atoms with Gasteiger partial charge in [-0.15, -0.1) is 9.19 Å². The molecule has 0 amide bonds. The largest absolute Gasteiger partial charge is 0.497 e. The number of rotatable bonds is 4. The van der Waals surface area contributed by atoms with Crippen LogP contribution in [0.15, 0.2) is 53.6 Å². The molecule has 160 valence electrons. The number of benzene rings is 2. The summed E-state index contributed by atoms with van der Waals surface area (Å²) in [7, 11) is -2.91. The lowest BCUT2D eigenvalue weighted by Gasteiger charge is -2.13. The molecule has 3 aromatic rings. The van der Waals surface area contributed by atoms with Crippen LogP contribution in [0.25, 0.3) is 11.3 Å². The second-order valence-electron chi connectivity index (χ2n) is 5.95. The number of ether oxygens (including phenoxy) is 1. The third-order valence-electron chi connectivity index (χ3n) is 3.96. The maximum atomic E-state index is 13.0. The Labute approximate surface area is 165 Å². The molecule has 30 heavy (non-hydrogen) atoms. The number of halogens is 6. The third kappa shape index (κ3) is 4.25. The molecule has 0 fully saturated rings. The lowest BCUT2D eigenvalue weighted by Crippen LogP contribution is -2.13. The van der Waals surface area contributed by atoms with Crippen molar-refractivity contribution < 1.29 is 39.5 Å². The number of methoxy groups -OCH3 is 1. The van der Waals surface area contributed by atoms with Gasteiger partial charge in [0.2, 0.25) is 0 Å². The van der Waals surface area contributed by atoms with E-state index in [1.807, 2.05) is 0 Å². The number of nitrogens with zero attached hydrogens (tertiary/aromatic N) is 3. The van der Waals surface area contributed by atoms with Gasteiger partial charge in [-0.25, -0.2) is 0 Å². The highest BCUT2D eigenvalue weighted by Gasteiger charge is 2.37. The fourth-order valence-corrected chi connectivity index (χ4v) is 3.52. The van der Waals surface area contributed by atoms with Crippen molar-refractivity contribution in [3.8, 4) is 17.0 Å². The first kappa shape index (κ1) is 21.6. The van der Waals surface area contributed by atoms with Gasteiger partial charge in [-0.3, -0.25) is 0 Å². The van der Waals surface area contributed by atoms with Crippen LogP contribution in [-0.2, 0) is 22.4 Å². The minimum atomic E-state index is -5.05. The maximum Gasteiger partial charge on any atom is 0.416 e. The zero-order valence-electron chi connectivity index (χ0n) is 14.9. The molecule has 0 aliphatic rings. The van der Waals surface area contributed by atoms with Crippen molar-refractivity contribution in [2.45, 2.75) is 17.2 Å². The van der Waals surface area contributed by atoms with E-state index in [0.29, 0.717) is 22.0 Å².